The fourth-order valence-corrected chi connectivity index (χ4v) is 2.54. The van der Waals surface area contributed by atoms with Gasteiger partial charge in [0.2, 0.25) is 11.7 Å². The summed E-state index contributed by atoms with van der Waals surface area (Å²) in [5.41, 5.74) is 0.781. The number of hydrogen-bond acceptors (Lipinski definition) is 6. The van der Waals surface area contributed by atoms with Gasteiger partial charge in [-0.3, -0.25) is 4.79 Å². The first-order chi connectivity index (χ1) is 11.2. The number of nitrogens with zero attached hydrogens (tertiary/aromatic N) is 2. The summed E-state index contributed by atoms with van der Waals surface area (Å²) in [6, 6.07) is 7.53. The molecule has 1 aliphatic carbocycles. The van der Waals surface area contributed by atoms with E-state index in [9.17, 15) is 4.79 Å². The highest BCUT2D eigenvalue weighted by Gasteiger charge is 2.30. The van der Waals surface area contributed by atoms with E-state index in [1.807, 2.05) is 24.3 Å². The summed E-state index contributed by atoms with van der Waals surface area (Å²) in [5, 5.41) is 5.25. The molecule has 1 heterocycles. The Kier molecular flexibility index (Phi) is 4.50. The number of ether oxygens (including phenoxy) is 1. The molecule has 0 saturated heterocycles. The van der Waals surface area contributed by atoms with Crippen molar-refractivity contribution in [2.24, 2.45) is 4.99 Å². The van der Waals surface area contributed by atoms with Crippen molar-refractivity contribution in [1.29, 1.82) is 0 Å². The molecule has 1 fully saturated rings. The molecule has 2 aromatic rings. The second-order valence-corrected chi connectivity index (χ2v) is 5.46. The maximum atomic E-state index is 12.1. The number of nitrogens with one attached hydrogen (secondary N) is 1. The van der Waals surface area contributed by atoms with Crippen LogP contribution in [0.15, 0.2) is 39.9 Å². The Hall–Kier alpha value is -2.50. The number of carbonyl (C=O) groups is 1. The maximum Gasteiger partial charge on any atom is 0.288 e. The lowest BCUT2D eigenvalue weighted by molar-refractivity contribution is 0.0883. The molecule has 1 aromatic carbocycles. The third kappa shape index (κ3) is 3.47. The molecule has 0 aliphatic heterocycles. The number of methoxy groups -OCH3 is 1. The van der Waals surface area contributed by atoms with E-state index in [0.717, 1.165) is 24.2 Å². The Balaban J connectivity index is 1.62. The molecule has 0 atom stereocenters. The van der Waals surface area contributed by atoms with Crippen molar-refractivity contribution in [3.63, 3.8) is 0 Å². The van der Waals surface area contributed by atoms with E-state index in [2.05, 4.69) is 32.7 Å². The van der Waals surface area contributed by atoms with Gasteiger partial charge in [-0.05, 0) is 49.3 Å². The summed E-state index contributed by atoms with van der Waals surface area (Å²) >= 11 is 4.56. The highest BCUT2D eigenvalue weighted by molar-refractivity contribution is 7.78. The van der Waals surface area contributed by atoms with Crippen LogP contribution in [-0.2, 0) is 0 Å². The van der Waals surface area contributed by atoms with Crippen LogP contribution >= 0.6 is 12.2 Å². The summed E-state index contributed by atoms with van der Waals surface area (Å²) in [6.07, 6.45) is 2.98. The first kappa shape index (κ1) is 15.4. The minimum absolute atomic E-state index is 0.0918. The number of aromatic nitrogens is 1. The normalized spacial score (nSPS) is 19.3. The number of aliphatic imine (C=N–C) groups is 1. The Morgan fingerprint density at radius 2 is 2.17 bits per heavy atom. The van der Waals surface area contributed by atoms with Crippen molar-refractivity contribution in [2.75, 3.05) is 7.11 Å². The van der Waals surface area contributed by atoms with Crippen molar-refractivity contribution in [1.82, 2.24) is 10.3 Å². The third-order valence-corrected chi connectivity index (χ3v) is 3.86. The van der Waals surface area contributed by atoms with Crippen LogP contribution in [0.1, 0.15) is 23.4 Å². The quantitative estimate of drug-likeness (QED) is 0.674. The average molecular weight is 329 g/mol. The number of thiocarbonyl (C=S) groups is 1. The van der Waals surface area contributed by atoms with Crippen molar-refractivity contribution >= 4 is 23.3 Å². The van der Waals surface area contributed by atoms with E-state index >= 15 is 0 Å². The highest BCUT2D eigenvalue weighted by atomic mass is 32.1. The number of isothiocyanates is 1. The molecule has 1 N–H and O–H groups in total. The summed E-state index contributed by atoms with van der Waals surface area (Å²) in [4.78, 5) is 20.3. The van der Waals surface area contributed by atoms with E-state index in [-0.39, 0.29) is 23.8 Å². The van der Waals surface area contributed by atoms with Crippen LogP contribution in [0.5, 0.6) is 5.75 Å². The molecule has 1 saturated carbocycles. The fraction of sp³-hybridized carbons (Fsp3) is 0.312. The molecule has 1 aliphatic rings. The van der Waals surface area contributed by atoms with Crippen LogP contribution in [0.3, 0.4) is 0 Å². The Morgan fingerprint density at radius 1 is 1.43 bits per heavy atom. The summed E-state index contributed by atoms with van der Waals surface area (Å²) < 4.78 is 10.6. The third-order valence-electron chi connectivity index (χ3n) is 3.75. The smallest absolute Gasteiger partial charge is 0.288 e. The van der Waals surface area contributed by atoms with Gasteiger partial charge in [-0.1, -0.05) is 0 Å². The van der Waals surface area contributed by atoms with Gasteiger partial charge < -0.3 is 14.5 Å². The van der Waals surface area contributed by atoms with Gasteiger partial charge in [0.25, 0.3) is 5.91 Å². The lowest BCUT2D eigenvalue weighted by atomic mass is 9.87. The number of benzene rings is 1. The zero-order valence-electron chi connectivity index (χ0n) is 12.5. The number of hydrogen-bond donors (Lipinski definition) is 1. The van der Waals surface area contributed by atoms with Gasteiger partial charge in [0.15, 0.2) is 0 Å². The lowest BCUT2D eigenvalue weighted by Crippen LogP contribution is -2.46. The Labute approximate surface area is 138 Å². The molecule has 23 heavy (non-hydrogen) atoms. The number of amides is 1. The predicted molar refractivity (Wildman–Crippen MR) is 87.8 cm³/mol. The van der Waals surface area contributed by atoms with Crippen LogP contribution < -0.4 is 10.1 Å². The first-order valence-electron chi connectivity index (χ1n) is 7.17. The van der Waals surface area contributed by atoms with Crippen LogP contribution in [0.25, 0.3) is 11.5 Å². The van der Waals surface area contributed by atoms with Crippen molar-refractivity contribution < 1.29 is 13.9 Å². The highest BCUT2D eigenvalue weighted by Crippen LogP contribution is 2.25. The van der Waals surface area contributed by atoms with Gasteiger partial charge in [0.1, 0.15) is 5.75 Å². The second-order valence-electron chi connectivity index (χ2n) is 5.27. The van der Waals surface area contributed by atoms with Gasteiger partial charge in [0.05, 0.1) is 24.5 Å². The number of carbonyl (C=O) groups excluding carboxylic acids is 1. The molecule has 118 valence electrons. The summed E-state index contributed by atoms with van der Waals surface area (Å²) in [6.45, 7) is 0. The molecule has 0 unspecified atom stereocenters. The molecule has 7 heteroatoms. The lowest BCUT2D eigenvalue weighted by Gasteiger charge is -2.31. The van der Waals surface area contributed by atoms with Crippen molar-refractivity contribution in [3.8, 4) is 17.2 Å². The molecular formula is C16H15N3O3S. The Morgan fingerprint density at radius 3 is 2.83 bits per heavy atom. The standard InChI is InChI=1S/C16H15N3O3S/c1-21-13-4-2-10(3-5-13)16-17-8-14(22-16)15(20)19-12-6-11(7-12)18-9-23/h2-5,8,11-12H,6-7H2,1H3,(H,19,20). The Bertz CT molecular complexity index is 744. The predicted octanol–water partition coefficient (Wildman–Crippen LogP) is 2.71. The molecule has 1 amide bonds. The molecule has 6 nitrogen and oxygen atoms in total. The van der Waals surface area contributed by atoms with Crippen LogP contribution in [0.2, 0.25) is 0 Å². The zero-order chi connectivity index (χ0) is 16.2. The van der Waals surface area contributed by atoms with Gasteiger partial charge in [-0.2, -0.15) is 0 Å². The zero-order valence-corrected chi connectivity index (χ0v) is 13.3. The minimum atomic E-state index is -0.271. The van der Waals surface area contributed by atoms with Crippen LogP contribution in [0, 0.1) is 0 Å². The van der Waals surface area contributed by atoms with Gasteiger partial charge in [-0.25, -0.2) is 9.98 Å². The summed E-state index contributed by atoms with van der Waals surface area (Å²) in [7, 11) is 1.60. The number of oxazole rings is 1. The monoisotopic (exact) mass is 329 g/mol. The topological polar surface area (TPSA) is 76.7 Å². The molecular weight excluding hydrogens is 314 g/mol. The van der Waals surface area contributed by atoms with E-state index in [1.54, 1.807) is 7.11 Å². The molecule has 1 aromatic heterocycles. The molecule has 3 rings (SSSR count). The van der Waals surface area contributed by atoms with E-state index in [1.165, 1.54) is 6.20 Å². The fourth-order valence-electron chi connectivity index (χ4n) is 2.39. The van der Waals surface area contributed by atoms with Crippen LogP contribution in [0.4, 0.5) is 0 Å². The minimum Gasteiger partial charge on any atom is -0.497 e. The van der Waals surface area contributed by atoms with Crippen molar-refractivity contribution in [2.45, 2.75) is 24.9 Å². The summed E-state index contributed by atoms with van der Waals surface area (Å²) in [5.74, 6) is 1.07. The van der Waals surface area contributed by atoms with E-state index in [4.69, 9.17) is 9.15 Å². The van der Waals surface area contributed by atoms with E-state index in [0.29, 0.717) is 5.89 Å². The van der Waals surface area contributed by atoms with Gasteiger partial charge >= 0.3 is 0 Å². The first-order valence-corrected chi connectivity index (χ1v) is 7.58. The maximum absolute atomic E-state index is 12.1. The molecule has 0 radical (unpaired) electrons. The largest absolute Gasteiger partial charge is 0.497 e. The van der Waals surface area contributed by atoms with E-state index < -0.39 is 0 Å². The van der Waals surface area contributed by atoms with Gasteiger partial charge in [-0.15, -0.1) is 0 Å². The SMILES string of the molecule is COc1ccc(-c2ncc(C(=O)NC3CC(N=C=S)C3)o2)cc1. The molecule has 0 bridgehead atoms. The van der Waals surface area contributed by atoms with Gasteiger partial charge in [0, 0.05) is 11.6 Å². The van der Waals surface area contributed by atoms with Crippen LogP contribution in [-0.4, -0.2) is 35.2 Å². The average Bonchev–Trinajstić information content (AvgIpc) is 3.03. The molecule has 0 spiro atoms. The van der Waals surface area contributed by atoms with Crippen molar-refractivity contribution in [3.05, 3.63) is 36.2 Å². The second kappa shape index (κ2) is 6.73. The number of rotatable bonds is 5.